The van der Waals surface area contributed by atoms with Crippen LogP contribution in [0.1, 0.15) is 25.6 Å². The molecule has 0 saturated carbocycles. The van der Waals surface area contributed by atoms with Crippen LogP contribution < -0.4 is 10.9 Å². The molecule has 1 aromatic heterocycles. The van der Waals surface area contributed by atoms with Crippen molar-refractivity contribution < 1.29 is 9.53 Å². The Hall–Kier alpha value is -2.25. The first kappa shape index (κ1) is 18.5. The second-order valence-corrected chi connectivity index (χ2v) is 6.81. The number of piperidine rings is 1. The number of nitrogens with one attached hydrogen (secondary N) is 2. The van der Waals surface area contributed by atoms with Crippen LogP contribution in [0.3, 0.4) is 0 Å². The lowest BCUT2D eigenvalue weighted by molar-refractivity contribution is -0.148. The van der Waals surface area contributed by atoms with E-state index in [0.717, 1.165) is 25.9 Å². The maximum atomic E-state index is 13.3. The van der Waals surface area contributed by atoms with Crippen molar-refractivity contribution in [3.63, 3.8) is 0 Å². The zero-order valence-corrected chi connectivity index (χ0v) is 15.4. The normalized spacial score (nSPS) is 16.5. The number of aromatic amines is 1. The Balaban J connectivity index is 1.86. The highest BCUT2D eigenvalue weighted by atomic mass is 16.5. The second-order valence-electron chi connectivity index (χ2n) is 6.81. The fraction of sp³-hybridized carbons (Fsp3) is 0.526. The van der Waals surface area contributed by atoms with Gasteiger partial charge in [-0.05, 0) is 45.0 Å². The molecule has 1 amide bonds. The fourth-order valence-corrected chi connectivity index (χ4v) is 3.65. The van der Waals surface area contributed by atoms with Crippen LogP contribution in [0.5, 0.6) is 0 Å². The molecule has 0 spiro atoms. The minimum absolute atomic E-state index is 0.0687. The molecule has 2 aromatic rings. The van der Waals surface area contributed by atoms with Gasteiger partial charge in [-0.3, -0.25) is 9.59 Å². The van der Waals surface area contributed by atoms with Crippen LogP contribution in [0.15, 0.2) is 29.1 Å². The van der Waals surface area contributed by atoms with Gasteiger partial charge >= 0.3 is 0 Å². The number of rotatable bonds is 6. The van der Waals surface area contributed by atoms with E-state index in [1.165, 1.54) is 0 Å². The van der Waals surface area contributed by atoms with Gasteiger partial charge < -0.3 is 19.9 Å². The average molecular weight is 358 g/mol. The third-order valence-corrected chi connectivity index (χ3v) is 5.11. The molecule has 1 saturated heterocycles. The zero-order valence-electron chi connectivity index (χ0n) is 15.4. The molecule has 0 radical (unpaired) electrons. The maximum absolute atomic E-state index is 13.3. The summed E-state index contributed by atoms with van der Waals surface area (Å²) in [5.74, 6) is 0.574. The maximum Gasteiger partial charge on any atom is 0.258 e. The molecule has 0 atom stereocenters. The Morgan fingerprint density at radius 1 is 1.31 bits per heavy atom. The number of amides is 1. The number of nitrogens with zero attached hydrogens (tertiary/aromatic N) is 2. The predicted octanol–water partition coefficient (Wildman–Crippen LogP) is 1.29. The van der Waals surface area contributed by atoms with Gasteiger partial charge in [0.05, 0.1) is 29.5 Å². The van der Waals surface area contributed by atoms with E-state index in [0.29, 0.717) is 29.9 Å². The molecule has 7 heteroatoms. The van der Waals surface area contributed by atoms with Gasteiger partial charge in [0.1, 0.15) is 5.82 Å². The Morgan fingerprint density at radius 2 is 2.04 bits per heavy atom. The highest BCUT2D eigenvalue weighted by Crippen LogP contribution is 2.32. The minimum Gasteiger partial charge on any atom is -0.384 e. The number of fused-ring (bicyclic) bond motifs is 1. The summed E-state index contributed by atoms with van der Waals surface area (Å²) in [6.45, 7) is 4.79. The Bertz CT molecular complexity index is 821. The Labute approximate surface area is 152 Å². The molecule has 140 valence electrons. The van der Waals surface area contributed by atoms with E-state index < -0.39 is 5.41 Å². The van der Waals surface area contributed by atoms with E-state index in [4.69, 9.17) is 4.74 Å². The number of carbonyl (C=O) groups excluding carboxylic acids is 1. The summed E-state index contributed by atoms with van der Waals surface area (Å²) in [6, 6.07) is 7.22. The van der Waals surface area contributed by atoms with Crippen molar-refractivity contribution >= 4 is 16.8 Å². The van der Waals surface area contributed by atoms with E-state index in [2.05, 4.69) is 15.3 Å². The van der Waals surface area contributed by atoms with Crippen molar-refractivity contribution in [3.05, 3.63) is 40.4 Å². The van der Waals surface area contributed by atoms with Crippen molar-refractivity contribution in [1.82, 2.24) is 20.2 Å². The Morgan fingerprint density at radius 3 is 2.73 bits per heavy atom. The number of ether oxygens (including phenoxy) is 1. The molecule has 3 rings (SSSR count). The molecular formula is C19H26N4O3. The molecule has 1 aliphatic rings. The highest BCUT2D eigenvalue weighted by Gasteiger charge is 2.42. The molecule has 1 aromatic carbocycles. The molecule has 0 unspecified atom stereocenters. The summed E-state index contributed by atoms with van der Waals surface area (Å²) in [6.07, 6.45) is 1.50. The van der Waals surface area contributed by atoms with Crippen molar-refractivity contribution in [1.29, 1.82) is 0 Å². The molecule has 2 heterocycles. The molecule has 2 N–H and O–H groups in total. The molecule has 7 nitrogen and oxygen atoms in total. The van der Waals surface area contributed by atoms with Gasteiger partial charge in [-0.15, -0.1) is 0 Å². The van der Waals surface area contributed by atoms with Crippen LogP contribution >= 0.6 is 0 Å². The predicted molar refractivity (Wildman–Crippen MR) is 99.9 cm³/mol. The first-order chi connectivity index (χ1) is 12.6. The van der Waals surface area contributed by atoms with Gasteiger partial charge in [-0.25, -0.2) is 4.98 Å². The summed E-state index contributed by atoms with van der Waals surface area (Å²) in [5, 5.41) is 3.86. The lowest BCUT2D eigenvalue weighted by atomic mass is 9.78. The van der Waals surface area contributed by atoms with Crippen LogP contribution in [0.4, 0.5) is 0 Å². The first-order valence-corrected chi connectivity index (χ1v) is 9.06. The number of hydrogen-bond donors (Lipinski definition) is 2. The third-order valence-electron chi connectivity index (χ3n) is 5.11. The molecule has 1 fully saturated rings. The van der Waals surface area contributed by atoms with Gasteiger partial charge in [-0.1, -0.05) is 12.1 Å². The van der Waals surface area contributed by atoms with Gasteiger partial charge in [0, 0.05) is 13.7 Å². The third kappa shape index (κ3) is 3.64. The largest absolute Gasteiger partial charge is 0.384 e. The fourth-order valence-electron chi connectivity index (χ4n) is 3.65. The molecule has 1 aliphatic heterocycles. The SMILES string of the molecule is CCN(Cc1nc2ccccc2c(=O)[nH]1)C(=O)C1(COC)CCNCC1. The van der Waals surface area contributed by atoms with E-state index in [1.807, 2.05) is 25.1 Å². The zero-order chi connectivity index (χ0) is 18.6. The van der Waals surface area contributed by atoms with E-state index in [-0.39, 0.29) is 18.0 Å². The minimum atomic E-state index is -0.507. The summed E-state index contributed by atoms with van der Waals surface area (Å²) >= 11 is 0. The first-order valence-electron chi connectivity index (χ1n) is 9.06. The number of H-pyrrole nitrogens is 1. The quantitative estimate of drug-likeness (QED) is 0.812. The molecular weight excluding hydrogens is 332 g/mol. The van der Waals surface area contributed by atoms with Crippen molar-refractivity contribution in [2.45, 2.75) is 26.3 Å². The van der Waals surface area contributed by atoms with E-state index >= 15 is 0 Å². The highest BCUT2D eigenvalue weighted by molar-refractivity contribution is 5.83. The number of para-hydroxylation sites is 1. The summed E-state index contributed by atoms with van der Waals surface area (Å²) in [7, 11) is 1.63. The van der Waals surface area contributed by atoms with Crippen LogP contribution in [-0.4, -0.2) is 54.1 Å². The number of carbonyl (C=O) groups is 1. The van der Waals surface area contributed by atoms with Gasteiger partial charge in [0.15, 0.2) is 0 Å². The smallest absolute Gasteiger partial charge is 0.258 e. The summed E-state index contributed by atoms with van der Waals surface area (Å²) in [4.78, 5) is 34.7. The van der Waals surface area contributed by atoms with Crippen molar-refractivity contribution in [2.75, 3.05) is 33.4 Å². The van der Waals surface area contributed by atoms with Crippen LogP contribution in [0, 0.1) is 5.41 Å². The lowest BCUT2D eigenvalue weighted by Gasteiger charge is -2.39. The standard InChI is InChI=1S/C19H26N4O3/c1-3-23(18(25)19(13-26-2)8-10-20-11-9-19)12-16-21-15-7-5-4-6-14(15)17(24)22-16/h4-7,20H,3,8-13H2,1-2H3,(H,21,22,24). The lowest BCUT2D eigenvalue weighted by Crippen LogP contribution is -2.51. The van der Waals surface area contributed by atoms with Gasteiger partial charge in [0.25, 0.3) is 5.56 Å². The Kier molecular flexibility index (Phi) is 5.68. The monoisotopic (exact) mass is 358 g/mol. The van der Waals surface area contributed by atoms with Crippen LogP contribution in [-0.2, 0) is 16.1 Å². The molecule has 0 bridgehead atoms. The number of methoxy groups -OCH3 is 1. The van der Waals surface area contributed by atoms with E-state index in [1.54, 1.807) is 18.1 Å². The van der Waals surface area contributed by atoms with Gasteiger partial charge in [0.2, 0.25) is 5.91 Å². The van der Waals surface area contributed by atoms with Crippen LogP contribution in [0.2, 0.25) is 0 Å². The summed E-state index contributed by atoms with van der Waals surface area (Å²) in [5.41, 5.74) is -0.0431. The van der Waals surface area contributed by atoms with Crippen LogP contribution in [0.25, 0.3) is 10.9 Å². The number of hydrogen-bond acceptors (Lipinski definition) is 5. The number of benzene rings is 1. The number of aromatic nitrogens is 2. The molecule has 0 aliphatic carbocycles. The topological polar surface area (TPSA) is 87.3 Å². The summed E-state index contributed by atoms with van der Waals surface area (Å²) < 4.78 is 5.38. The molecule has 26 heavy (non-hydrogen) atoms. The van der Waals surface area contributed by atoms with Crippen molar-refractivity contribution in [2.24, 2.45) is 5.41 Å². The van der Waals surface area contributed by atoms with E-state index in [9.17, 15) is 9.59 Å². The van der Waals surface area contributed by atoms with Crippen molar-refractivity contribution in [3.8, 4) is 0 Å². The second kappa shape index (κ2) is 7.97. The average Bonchev–Trinajstić information content (AvgIpc) is 2.66. The van der Waals surface area contributed by atoms with Gasteiger partial charge in [-0.2, -0.15) is 0 Å².